The number of pyridine rings is 1. The fourth-order valence-corrected chi connectivity index (χ4v) is 3.61. The summed E-state index contributed by atoms with van der Waals surface area (Å²) < 4.78 is 11.4. The molecule has 10 nitrogen and oxygen atoms in total. The van der Waals surface area contributed by atoms with Crippen LogP contribution in [0.2, 0.25) is 0 Å². The maximum absolute atomic E-state index is 12.8. The Bertz CT molecular complexity index is 1200. The molecule has 0 fully saturated rings. The average Bonchev–Trinajstić information content (AvgIpc) is 3.18. The highest BCUT2D eigenvalue weighted by Crippen LogP contribution is 2.26. The summed E-state index contributed by atoms with van der Waals surface area (Å²) in [6.07, 6.45) is 4.67. The molecule has 1 aliphatic carbocycles. The smallest absolute Gasteiger partial charge is 0.332 e. The van der Waals surface area contributed by atoms with Crippen molar-refractivity contribution in [3.63, 3.8) is 0 Å². The second-order valence-corrected chi connectivity index (χ2v) is 7.86. The van der Waals surface area contributed by atoms with Gasteiger partial charge in [-0.1, -0.05) is 11.6 Å². The lowest BCUT2D eigenvalue weighted by molar-refractivity contribution is -0.153. The SMILES string of the molecule is C[C@@H](OC1CC=C(CNC(=O)c2cccnc2Oc2ccc3nn(C)nc3c2)CC1)C(=O)O. The Hall–Kier alpha value is -3.79. The van der Waals surface area contributed by atoms with Crippen molar-refractivity contribution in [1.82, 2.24) is 25.3 Å². The monoisotopic (exact) mass is 451 g/mol. The molecule has 0 saturated heterocycles. The van der Waals surface area contributed by atoms with Gasteiger partial charge in [-0.15, -0.1) is 0 Å². The number of nitrogens with zero attached hydrogens (tertiary/aromatic N) is 4. The van der Waals surface area contributed by atoms with Crippen LogP contribution >= 0.6 is 0 Å². The molecule has 10 heteroatoms. The summed E-state index contributed by atoms with van der Waals surface area (Å²) in [7, 11) is 1.74. The number of carbonyl (C=O) groups is 2. The Balaban J connectivity index is 1.37. The molecule has 0 radical (unpaired) electrons. The fourth-order valence-electron chi connectivity index (χ4n) is 3.61. The second-order valence-electron chi connectivity index (χ2n) is 7.86. The minimum atomic E-state index is -0.969. The molecule has 0 bridgehead atoms. The van der Waals surface area contributed by atoms with Gasteiger partial charge in [-0.25, -0.2) is 9.78 Å². The van der Waals surface area contributed by atoms with Gasteiger partial charge in [0, 0.05) is 25.9 Å². The summed E-state index contributed by atoms with van der Waals surface area (Å²) >= 11 is 0. The molecular weight excluding hydrogens is 426 g/mol. The number of aromatic nitrogens is 4. The van der Waals surface area contributed by atoms with Crippen LogP contribution in [-0.2, 0) is 16.6 Å². The Labute approximate surface area is 190 Å². The van der Waals surface area contributed by atoms with E-state index in [4.69, 9.17) is 14.6 Å². The number of carboxylic acid groups (broad SMARTS) is 1. The van der Waals surface area contributed by atoms with Crippen LogP contribution in [0.15, 0.2) is 48.2 Å². The van der Waals surface area contributed by atoms with Crippen LogP contribution in [-0.4, -0.2) is 55.7 Å². The molecule has 2 atom stereocenters. The van der Waals surface area contributed by atoms with E-state index in [-0.39, 0.29) is 17.9 Å². The van der Waals surface area contributed by atoms with Crippen molar-refractivity contribution in [2.75, 3.05) is 6.54 Å². The van der Waals surface area contributed by atoms with Gasteiger partial charge < -0.3 is 19.9 Å². The van der Waals surface area contributed by atoms with Crippen LogP contribution in [0.25, 0.3) is 11.0 Å². The summed E-state index contributed by atoms with van der Waals surface area (Å²) in [4.78, 5) is 29.5. The van der Waals surface area contributed by atoms with Crippen LogP contribution in [0.5, 0.6) is 11.6 Å². The number of rotatable bonds is 8. The number of aliphatic carboxylic acids is 1. The maximum Gasteiger partial charge on any atom is 0.332 e. The van der Waals surface area contributed by atoms with Crippen LogP contribution in [0.4, 0.5) is 0 Å². The average molecular weight is 451 g/mol. The lowest BCUT2D eigenvalue weighted by Gasteiger charge is -2.24. The van der Waals surface area contributed by atoms with Gasteiger partial charge in [0.15, 0.2) is 6.10 Å². The summed E-state index contributed by atoms with van der Waals surface area (Å²) in [5, 5.41) is 20.4. The van der Waals surface area contributed by atoms with E-state index < -0.39 is 12.1 Å². The Morgan fingerprint density at radius 2 is 2.09 bits per heavy atom. The van der Waals surface area contributed by atoms with Crippen LogP contribution in [0.3, 0.4) is 0 Å². The third-order valence-corrected chi connectivity index (χ3v) is 5.36. The number of hydrogen-bond donors (Lipinski definition) is 2. The number of nitrogens with one attached hydrogen (secondary N) is 1. The van der Waals surface area contributed by atoms with E-state index in [0.717, 1.165) is 17.5 Å². The summed E-state index contributed by atoms with van der Waals surface area (Å²) in [6, 6.07) is 8.63. The van der Waals surface area contributed by atoms with E-state index in [0.29, 0.717) is 36.2 Å². The molecule has 33 heavy (non-hydrogen) atoms. The lowest BCUT2D eigenvalue weighted by Crippen LogP contribution is -2.30. The zero-order valence-corrected chi connectivity index (χ0v) is 18.4. The molecule has 1 aliphatic rings. The largest absolute Gasteiger partial charge is 0.479 e. The molecule has 0 spiro atoms. The van der Waals surface area contributed by atoms with Gasteiger partial charge in [0.05, 0.1) is 6.10 Å². The molecule has 0 aliphatic heterocycles. The molecule has 1 unspecified atom stereocenters. The normalized spacial score (nSPS) is 16.8. The second kappa shape index (κ2) is 9.78. The standard InChI is InChI=1S/C23H25N5O5/c1-14(23(30)31)32-16-7-5-15(6-8-16)13-25-21(29)18-4-3-11-24-22(18)33-17-9-10-19-20(12-17)27-28(2)26-19/h3-5,9-12,14,16H,6-8,13H2,1-2H3,(H,25,29)(H,30,31)/t14-,16?/m1/s1. The van der Waals surface area contributed by atoms with E-state index in [2.05, 4.69) is 20.5 Å². The van der Waals surface area contributed by atoms with E-state index >= 15 is 0 Å². The predicted octanol–water partition coefficient (Wildman–Crippen LogP) is 2.85. The first kappa shape index (κ1) is 22.4. The first-order valence-electron chi connectivity index (χ1n) is 10.7. The number of fused-ring (bicyclic) bond motifs is 1. The molecule has 0 saturated carbocycles. The first-order chi connectivity index (χ1) is 15.9. The number of aryl methyl sites for hydroxylation is 1. The molecule has 4 rings (SSSR count). The summed E-state index contributed by atoms with van der Waals surface area (Å²) in [5.74, 6) is -0.556. The minimum absolute atomic E-state index is 0.125. The highest BCUT2D eigenvalue weighted by Gasteiger charge is 2.21. The van der Waals surface area contributed by atoms with Crippen molar-refractivity contribution < 1.29 is 24.2 Å². The van der Waals surface area contributed by atoms with Crippen LogP contribution in [0, 0.1) is 0 Å². The number of benzene rings is 1. The molecule has 1 amide bonds. The van der Waals surface area contributed by atoms with Gasteiger partial charge in [-0.05, 0) is 50.5 Å². The van der Waals surface area contributed by atoms with Crippen molar-refractivity contribution in [3.8, 4) is 11.6 Å². The van der Waals surface area contributed by atoms with Gasteiger partial charge in [0.1, 0.15) is 22.3 Å². The minimum Gasteiger partial charge on any atom is -0.479 e. The Morgan fingerprint density at radius 3 is 2.85 bits per heavy atom. The number of carboxylic acids is 1. The van der Waals surface area contributed by atoms with Crippen molar-refractivity contribution in [2.24, 2.45) is 7.05 Å². The topological polar surface area (TPSA) is 128 Å². The first-order valence-corrected chi connectivity index (χ1v) is 10.7. The quantitative estimate of drug-likeness (QED) is 0.500. The van der Waals surface area contributed by atoms with Crippen molar-refractivity contribution in [2.45, 2.75) is 38.4 Å². The third-order valence-electron chi connectivity index (χ3n) is 5.36. The zero-order valence-electron chi connectivity index (χ0n) is 18.4. The van der Waals surface area contributed by atoms with Gasteiger partial charge in [-0.2, -0.15) is 15.0 Å². The zero-order chi connectivity index (χ0) is 23.4. The number of amides is 1. The predicted molar refractivity (Wildman–Crippen MR) is 119 cm³/mol. The molecule has 2 heterocycles. The third kappa shape index (κ3) is 5.53. The van der Waals surface area contributed by atoms with E-state index in [1.807, 2.05) is 6.08 Å². The number of hydrogen-bond acceptors (Lipinski definition) is 7. The van der Waals surface area contributed by atoms with Crippen molar-refractivity contribution >= 4 is 22.9 Å². The fraction of sp³-hybridized carbons (Fsp3) is 0.348. The highest BCUT2D eigenvalue weighted by atomic mass is 16.5. The molecule has 2 aromatic heterocycles. The van der Waals surface area contributed by atoms with Crippen molar-refractivity contribution in [3.05, 3.63) is 53.7 Å². The van der Waals surface area contributed by atoms with E-state index in [9.17, 15) is 9.59 Å². The number of ether oxygens (including phenoxy) is 2. The van der Waals surface area contributed by atoms with Gasteiger partial charge in [0.2, 0.25) is 5.88 Å². The molecule has 1 aromatic carbocycles. The van der Waals surface area contributed by atoms with E-state index in [1.165, 1.54) is 11.7 Å². The maximum atomic E-state index is 12.8. The van der Waals surface area contributed by atoms with Gasteiger partial charge in [-0.3, -0.25) is 4.79 Å². The summed E-state index contributed by atoms with van der Waals surface area (Å²) in [5.41, 5.74) is 2.83. The van der Waals surface area contributed by atoms with Gasteiger partial charge in [0.25, 0.3) is 5.91 Å². The van der Waals surface area contributed by atoms with Gasteiger partial charge >= 0.3 is 5.97 Å². The Kier molecular flexibility index (Phi) is 6.64. The molecule has 3 aromatic rings. The molecule has 172 valence electrons. The van der Waals surface area contributed by atoms with E-state index in [1.54, 1.807) is 43.6 Å². The Morgan fingerprint density at radius 1 is 1.27 bits per heavy atom. The van der Waals surface area contributed by atoms with Crippen molar-refractivity contribution in [1.29, 1.82) is 0 Å². The summed E-state index contributed by atoms with van der Waals surface area (Å²) in [6.45, 7) is 1.92. The van der Waals surface area contributed by atoms with Crippen LogP contribution < -0.4 is 10.1 Å². The molecule has 2 N–H and O–H groups in total. The number of carbonyl (C=O) groups excluding carboxylic acids is 1. The van der Waals surface area contributed by atoms with Crippen LogP contribution in [0.1, 0.15) is 36.5 Å². The lowest BCUT2D eigenvalue weighted by atomic mass is 9.97. The molecular formula is C23H25N5O5. The highest BCUT2D eigenvalue weighted by molar-refractivity contribution is 5.96.